The Labute approximate surface area is 179 Å². The first-order valence-electron chi connectivity index (χ1n) is 9.87. The second kappa shape index (κ2) is 8.56. The van der Waals surface area contributed by atoms with Crippen LogP contribution in [0.15, 0.2) is 57.8 Å². The fourth-order valence-corrected chi connectivity index (χ4v) is 5.19. The molecule has 3 aromatic rings. The molecule has 0 saturated carbocycles. The molecule has 1 atom stereocenters. The number of nitrogens with zero attached hydrogens (tertiary/aromatic N) is 3. The zero-order valence-corrected chi connectivity index (χ0v) is 17.6. The van der Waals surface area contributed by atoms with Crippen molar-refractivity contribution in [2.75, 3.05) is 11.9 Å². The fourth-order valence-electron chi connectivity index (χ4n) is 3.49. The Kier molecular flexibility index (Phi) is 5.84. The number of piperidine rings is 1. The van der Waals surface area contributed by atoms with Crippen LogP contribution in [0.5, 0.6) is 0 Å². The van der Waals surface area contributed by atoms with Crippen molar-refractivity contribution < 1.29 is 22.0 Å². The van der Waals surface area contributed by atoms with Crippen LogP contribution < -0.4 is 5.32 Å². The van der Waals surface area contributed by atoms with Crippen LogP contribution in [0.3, 0.4) is 0 Å². The molecule has 162 valence electrons. The third-order valence-corrected chi connectivity index (χ3v) is 7.23. The lowest BCUT2D eigenvalue weighted by Crippen LogP contribution is -2.41. The number of carbonyl (C=O) groups excluding carboxylic acids is 1. The van der Waals surface area contributed by atoms with Gasteiger partial charge < -0.3 is 4.42 Å². The molecular weight excluding hydrogens is 423 g/mol. The number of hydrogen-bond acceptors (Lipinski definition) is 6. The second-order valence-electron chi connectivity index (χ2n) is 7.36. The summed E-state index contributed by atoms with van der Waals surface area (Å²) in [6, 6.07) is 11.0. The molecule has 1 fully saturated rings. The lowest BCUT2D eigenvalue weighted by molar-refractivity contribution is 0.102. The van der Waals surface area contributed by atoms with Crippen molar-refractivity contribution in [3.05, 3.63) is 59.9 Å². The molecule has 1 aliphatic heterocycles. The number of hydrogen-bond donors (Lipinski definition) is 1. The molecule has 1 N–H and O–H groups in total. The summed E-state index contributed by atoms with van der Waals surface area (Å²) in [7, 11) is -3.61. The van der Waals surface area contributed by atoms with Gasteiger partial charge in [-0.2, -0.15) is 4.31 Å². The van der Waals surface area contributed by atoms with Gasteiger partial charge in [-0.15, -0.1) is 5.10 Å². The maximum Gasteiger partial charge on any atom is 0.322 e. The highest BCUT2D eigenvalue weighted by Gasteiger charge is 2.31. The topological polar surface area (TPSA) is 105 Å². The number of carbonyl (C=O) groups is 1. The summed E-state index contributed by atoms with van der Waals surface area (Å²) in [4.78, 5) is 12.6. The zero-order chi connectivity index (χ0) is 22.0. The molecule has 2 heterocycles. The average molecular weight is 444 g/mol. The highest BCUT2D eigenvalue weighted by atomic mass is 32.2. The number of amides is 1. The van der Waals surface area contributed by atoms with Crippen LogP contribution in [-0.2, 0) is 10.0 Å². The van der Waals surface area contributed by atoms with Crippen molar-refractivity contribution in [1.82, 2.24) is 14.5 Å². The number of benzene rings is 2. The van der Waals surface area contributed by atoms with Crippen LogP contribution in [-0.4, -0.2) is 41.4 Å². The Balaban J connectivity index is 1.46. The minimum atomic E-state index is -3.61. The fraction of sp³-hybridized carbons (Fsp3) is 0.286. The van der Waals surface area contributed by atoms with Crippen LogP contribution in [0.4, 0.5) is 10.4 Å². The van der Waals surface area contributed by atoms with Crippen molar-refractivity contribution in [1.29, 1.82) is 0 Å². The summed E-state index contributed by atoms with van der Waals surface area (Å²) in [6.07, 6.45) is 2.70. The van der Waals surface area contributed by atoms with E-state index in [-0.39, 0.29) is 28.4 Å². The van der Waals surface area contributed by atoms with Crippen molar-refractivity contribution in [3.8, 4) is 11.5 Å². The number of rotatable bonds is 5. The quantitative estimate of drug-likeness (QED) is 0.643. The van der Waals surface area contributed by atoms with E-state index >= 15 is 0 Å². The number of anilines is 1. The monoisotopic (exact) mass is 444 g/mol. The van der Waals surface area contributed by atoms with E-state index in [1.807, 2.05) is 6.92 Å². The van der Waals surface area contributed by atoms with E-state index in [4.69, 9.17) is 4.42 Å². The molecule has 4 rings (SSSR count). The highest BCUT2D eigenvalue weighted by molar-refractivity contribution is 7.89. The normalized spacial score (nSPS) is 17.4. The van der Waals surface area contributed by atoms with Gasteiger partial charge in [-0.1, -0.05) is 11.5 Å². The molecule has 1 amide bonds. The maximum absolute atomic E-state index is 13.0. The van der Waals surface area contributed by atoms with Crippen LogP contribution in [0.25, 0.3) is 11.5 Å². The van der Waals surface area contributed by atoms with E-state index in [2.05, 4.69) is 15.5 Å². The van der Waals surface area contributed by atoms with Crippen LogP contribution in [0, 0.1) is 5.82 Å². The van der Waals surface area contributed by atoms with Crippen LogP contribution >= 0.6 is 0 Å². The third kappa shape index (κ3) is 4.49. The molecule has 31 heavy (non-hydrogen) atoms. The van der Waals surface area contributed by atoms with E-state index in [0.717, 1.165) is 19.3 Å². The van der Waals surface area contributed by atoms with Gasteiger partial charge in [0, 0.05) is 23.7 Å². The van der Waals surface area contributed by atoms with Gasteiger partial charge in [0.2, 0.25) is 15.9 Å². The molecule has 10 heteroatoms. The largest absolute Gasteiger partial charge is 0.403 e. The van der Waals surface area contributed by atoms with E-state index in [1.54, 1.807) is 0 Å². The summed E-state index contributed by atoms with van der Waals surface area (Å²) in [5, 5.41) is 10.1. The van der Waals surface area contributed by atoms with Crippen molar-refractivity contribution >= 4 is 21.9 Å². The summed E-state index contributed by atoms with van der Waals surface area (Å²) in [6.45, 7) is 2.41. The number of nitrogens with one attached hydrogen (secondary N) is 1. The Morgan fingerprint density at radius 3 is 2.48 bits per heavy atom. The first kappa shape index (κ1) is 21.1. The average Bonchev–Trinajstić information content (AvgIpc) is 3.23. The van der Waals surface area contributed by atoms with Crippen molar-refractivity contribution in [2.45, 2.75) is 37.1 Å². The molecule has 2 aromatic carbocycles. The zero-order valence-electron chi connectivity index (χ0n) is 16.8. The Hall–Kier alpha value is -3.11. The van der Waals surface area contributed by atoms with Crippen LogP contribution in [0.2, 0.25) is 0 Å². The van der Waals surface area contributed by atoms with Crippen molar-refractivity contribution in [2.24, 2.45) is 0 Å². The Bertz CT molecular complexity index is 1180. The summed E-state index contributed by atoms with van der Waals surface area (Å²) < 4.78 is 45.7. The predicted octanol–water partition coefficient (Wildman–Crippen LogP) is 3.69. The van der Waals surface area contributed by atoms with Gasteiger partial charge in [0.05, 0.1) is 4.90 Å². The molecule has 1 saturated heterocycles. The van der Waals surface area contributed by atoms with E-state index in [9.17, 15) is 17.6 Å². The van der Waals surface area contributed by atoms with Gasteiger partial charge in [-0.25, -0.2) is 12.8 Å². The molecule has 1 aliphatic rings. The number of aromatic nitrogens is 2. The van der Waals surface area contributed by atoms with Crippen molar-refractivity contribution in [3.63, 3.8) is 0 Å². The first-order valence-corrected chi connectivity index (χ1v) is 11.3. The smallest absolute Gasteiger partial charge is 0.322 e. The molecule has 0 radical (unpaired) electrons. The minimum Gasteiger partial charge on any atom is -0.403 e. The molecule has 0 spiro atoms. The lowest BCUT2D eigenvalue weighted by atomic mass is 10.1. The van der Waals surface area contributed by atoms with Gasteiger partial charge in [0.25, 0.3) is 5.91 Å². The lowest BCUT2D eigenvalue weighted by Gasteiger charge is -2.32. The molecule has 8 nitrogen and oxygen atoms in total. The molecule has 0 aliphatic carbocycles. The summed E-state index contributed by atoms with van der Waals surface area (Å²) in [5.74, 6) is -0.783. The SMILES string of the molecule is C[C@@H]1CCCCN1S(=O)(=O)c1ccc(C(=O)Nc2nnc(-c3ccc(F)cc3)o2)cc1. The predicted molar refractivity (Wildman–Crippen MR) is 111 cm³/mol. The number of sulfonamides is 1. The summed E-state index contributed by atoms with van der Waals surface area (Å²) in [5.41, 5.74) is 0.753. The Morgan fingerprint density at radius 2 is 1.81 bits per heavy atom. The molecule has 0 bridgehead atoms. The standard InChI is InChI=1S/C21H21FN4O4S/c1-14-4-2-3-13-26(14)31(28,29)18-11-7-15(8-12-18)19(27)23-21-25-24-20(30-21)16-5-9-17(22)10-6-16/h5-12,14H,2-4,13H2,1H3,(H,23,25,27)/t14-/m1/s1. The van der Waals surface area contributed by atoms with E-state index < -0.39 is 21.7 Å². The maximum atomic E-state index is 13.0. The minimum absolute atomic E-state index is 0.0467. The number of halogens is 1. The molecular formula is C21H21FN4O4S. The van der Waals surface area contributed by atoms with Gasteiger partial charge in [0.1, 0.15) is 5.82 Å². The first-order chi connectivity index (χ1) is 14.8. The molecule has 0 unspecified atom stereocenters. The van der Waals surface area contributed by atoms with Gasteiger partial charge in [0.15, 0.2) is 0 Å². The highest BCUT2D eigenvalue weighted by Crippen LogP contribution is 2.25. The van der Waals surface area contributed by atoms with Crippen LogP contribution in [0.1, 0.15) is 36.5 Å². The second-order valence-corrected chi connectivity index (χ2v) is 9.25. The third-order valence-electron chi connectivity index (χ3n) is 5.20. The molecule has 1 aromatic heterocycles. The Morgan fingerprint density at radius 1 is 1.10 bits per heavy atom. The van der Waals surface area contributed by atoms with Gasteiger partial charge in [-0.3, -0.25) is 10.1 Å². The van der Waals surface area contributed by atoms with Gasteiger partial charge >= 0.3 is 6.01 Å². The van der Waals surface area contributed by atoms with E-state index in [1.165, 1.54) is 52.8 Å². The van der Waals surface area contributed by atoms with E-state index in [0.29, 0.717) is 12.1 Å². The summed E-state index contributed by atoms with van der Waals surface area (Å²) >= 11 is 0. The van der Waals surface area contributed by atoms with Gasteiger partial charge in [-0.05, 0) is 68.3 Å².